The second-order valence-electron chi connectivity index (χ2n) is 4.65. The van der Waals surface area contributed by atoms with E-state index in [1.165, 1.54) is 6.07 Å². The Balaban J connectivity index is 1.90. The summed E-state index contributed by atoms with van der Waals surface area (Å²) in [7, 11) is 0. The number of nitrogens with one attached hydrogen (secondary N) is 3. The Hall–Kier alpha value is -1.62. The highest BCUT2D eigenvalue weighted by molar-refractivity contribution is 5.89. The van der Waals surface area contributed by atoms with Crippen molar-refractivity contribution in [1.82, 2.24) is 10.6 Å². The van der Waals surface area contributed by atoms with Crippen LogP contribution in [-0.2, 0) is 0 Å². The molecule has 2 rings (SSSR count). The summed E-state index contributed by atoms with van der Waals surface area (Å²) in [5.74, 6) is -0.0453. The maximum absolute atomic E-state index is 13.4. The summed E-state index contributed by atoms with van der Waals surface area (Å²) in [5, 5.41) is 8.69. The van der Waals surface area contributed by atoms with Crippen LogP contribution in [0.4, 0.5) is 14.9 Å². The van der Waals surface area contributed by atoms with Gasteiger partial charge in [-0.1, -0.05) is 19.1 Å². The molecule has 1 heterocycles. The summed E-state index contributed by atoms with van der Waals surface area (Å²) in [6, 6.07) is 5.93. The van der Waals surface area contributed by atoms with Gasteiger partial charge in [0.05, 0.1) is 5.69 Å². The number of piperidine rings is 1. The number of carbonyl (C=O) groups excluding carboxylic acids is 1. The van der Waals surface area contributed by atoms with Gasteiger partial charge < -0.3 is 16.0 Å². The van der Waals surface area contributed by atoms with E-state index >= 15 is 0 Å². The highest BCUT2D eigenvalue weighted by atomic mass is 19.1. The lowest BCUT2D eigenvalue weighted by atomic mass is 9.95. The topological polar surface area (TPSA) is 53.2 Å². The Kier molecular flexibility index (Phi) is 4.15. The van der Waals surface area contributed by atoms with Crippen LogP contribution in [0.3, 0.4) is 0 Å². The van der Waals surface area contributed by atoms with Gasteiger partial charge in [-0.05, 0) is 37.6 Å². The van der Waals surface area contributed by atoms with Gasteiger partial charge in [0.1, 0.15) is 5.82 Å². The van der Waals surface area contributed by atoms with Crippen LogP contribution in [0.2, 0.25) is 0 Å². The van der Waals surface area contributed by atoms with Crippen LogP contribution in [0.15, 0.2) is 24.3 Å². The molecule has 0 aromatic heterocycles. The fraction of sp³-hybridized carbons (Fsp3) is 0.462. The predicted molar refractivity (Wildman–Crippen MR) is 69.0 cm³/mol. The highest BCUT2D eigenvalue weighted by Gasteiger charge is 2.22. The van der Waals surface area contributed by atoms with Gasteiger partial charge in [0.15, 0.2) is 0 Å². The van der Waals surface area contributed by atoms with Gasteiger partial charge in [-0.15, -0.1) is 0 Å². The Labute approximate surface area is 106 Å². The Morgan fingerprint density at radius 1 is 1.44 bits per heavy atom. The Bertz CT molecular complexity index is 424. The van der Waals surface area contributed by atoms with Gasteiger partial charge in [0, 0.05) is 6.04 Å². The SMILES string of the molecule is CC1CNCCC1NC(=O)Nc1ccccc1F. The number of hydrogen-bond acceptors (Lipinski definition) is 2. The molecule has 2 atom stereocenters. The van der Waals surface area contributed by atoms with E-state index in [-0.39, 0.29) is 17.8 Å². The molecule has 5 heteroatoms. The smallest absolute Gasteiger partial charge is 0.319 e. The van der Waals surface area contributed by atoms with Gasteiger partial charge in [-0.2, -0.15) is 0 Å². The van der Waals surface area contributed by atoms with E-state index in [1.807, 2.05) is 0 Å². The molecule has 1 fully saturated rings. The third-order valence-corrected chi connectivity index (χ3v) is 3.22. The van der Waals surface area contributed by atoms with E-state index < -0.39 is 5.82 Å². The molecule has 0 saturated carbocycles. The molecule has 2 amide bonds. The number of anilines is 1. The zero-order valence-corrected chi connectivity index (χ0v) is 10.4. The molecule has 0 radical (unpaired) electrons. The molecule has 0 bridgehead atoms. The first-order valence-electron chi connectivity index (χ1n) is 6.19. The normalized spacial score (nSPS) is 23.4. The number of halogens is 1. The van der Waals surface area contributed by atoms with E-state index in [2.05, 4.69) is 22.9 Å². The van der Waals surface area contributed by atoms with Gasteiger partial charge in [-0.3, -0.25) is 0 Å². The maximum atomic E-state index is 13.4. The first-order valence-corrected chi connectivity index (χ1v) is 6.19. The lowest BCUT2D eigenvalue weighted by Gasteiger charge is -2.30. The van der Waals surface area contributed by atoms with E-state index in [1.54, 1.807) is 18.2 Å². The quantitative estimate of drug-likeness (QED) is 0.752. The molecule has 0 aliphatic carbocycles. The average Bonchev–Trinajstić information content (AvgIpc) is 2.35. The molecule has 1 aromatic carbocycles. The van der Waals surface area contributed by atoms with Gasteiger partial charge in [0.25, 0.3) is 0 Å². The van der Waals surface area contributed by atoms with Crippen LogP contribution in [0.1, 0.15) is 13.3 Å². The van der Waals surface area contributed by atoms with Gasteiger partial charge >= 0.3 is 6.03 Å². The Morgan fingerprint density at radius 3 is 2.94 bits per heavy atom. The number of hydrogen-bond donors (Lipinski definition) is 3. The molecule has 1 saturated heterocycles. The molecule has 18 heavy (non-hydrogen) atoms. The van der Waals surface area contributed by atoms with Crippen LogP contribution in [0, 0.1) is 11.7 Å². The van der Waals surface area contributed by atoms with Crippen molar-refractivity contribution in [1.29, 1.82) is 0 Å². The van der Waals surface area contributed by atoms with Crippen molar-refractivity contribution in [3.63, 3.8) is 0 Å². The average molecular weight is 251 g/mol. The minimum Gasteiger partial charge on any atom is -0.335 e. The molecule has 3 N–H and O–H groups in total. The van der Waals surface area contributed by atoms with Crippen LogP contribution >= 0.6 is 0 Å². The lowest BCUT2D eigenvalue weighted by Crippen LogP contribution is -2.49. The minimum absolute atomic E-state index is 0.137. The third-order valence-electron chi connectivity index (χ3n) is 3.22. The monoisotopic (exact) mass is 251 g/mol. The van der Waals surface area contributed by atoms with Crippen molar-refractivity contribution in [2.75, 3.05) is 18.4 Å². The van der Waals surface area contributed by atoms with Crippen molar-refractivity contribution >= 4 is 11.7 Å². The minimum atomic E-state index is -0.425. The van der Waals surface area contributed by atoms with Crippen LogP contribution in [0.5, 0.6) is 0 Å². The molecular formula is C13H18FN3O. The lowest BCUT2D eigenvalue weighted by molar-refractivity contribution is 0.235. The van der Waals surface area contributed by atoms with Crippen molar-refractivity contribution in [3.8, 4) is 0 Å². The molecule has 98 valence electrons. The molecular weight excluding hydrogens is 233 g/mol. The van der Waals surface area contributed by atoms with E-state index in [4.69, 9.17) is 0 Å². The van der Waals surface area contributed by atoms with E-state index in [0.717, 1.165) is 19.5 Å². The van der Waals surface area contributed by atoms with Crippen molar-refractivity contribution in [2.24, 2.45) is 5.92 Å². The summed E-state index contributed by atoms with van der Waals surface area (Å²) < 4.78 is 13.4. The van der Waals surface area contributed by atoms with E-state index in [0.29, 0.717) is 5.92 Å². The van der Waals surface area contributed by atoms with Gasteiger partial charge in [-0.25, -0.2) is 9.18 Å². The molecule has 4 nitrogen and oxygen atoms in total. The number of carbonyl (C=O) groups is 1. The Morgan fingerprint density at radius 2 is 2.22 bits per heavy atom. The molecule has 0 spiro atoms. The fourth-order valence-corrected chi connectivity index (χ4v) is 2.12. The zero-order valence-electron chi connectivity index (χ0n) is 10.4. The van der Waals surface area contributed by atoms with Crippen LogP contribution in [0.25, 0.3) is 0 Å². The molecule has 1 aliphatic heterocycles. The summed E-state index contributed by atoms with van der Waals surface area (Å²) in [4.78, 5) is 11.8. The first kappa shape index (κ1) is 12.8. The predicted octanol–water partition coefficient (Wildman–Crippen LogP) is 1.95. The summed E-state index contributed by atoms with van der Waals surface area (Å²) >= 11 is 0. The fourth-order valence-electron chi connectivity index (χ4n) is 2.12. The molecule has 1 aliphatic rings. The molecule has 2 unspecified atom stereocenters. The zero-order chi connectivity index (χ0) is 13.0. The maximum Gasteiger partial charge on any atom is 0.319 e. The van der Waals surface area contributed by atoms with Crippen molar-refractivity contribution in [3.05, 3.63) is 30.1 Å². The third kappa shape index (κ3) is 3.20. The molecule has 1 aromatic rings. The first-order chi connectivity index (χ1) is 8.66. The van der Waals surface area contributed by atoms with E-state index in [9.17, 15) is 9.18 Å². The summed E-state index contributed by atoms with van der Waals surface area (Å²) in [6.07, 6.45) is 0.895. The second-order valence-corrected chi connectivity index (χ2v) is 4.65. The second kappa shape index (κ2) is 5.82. The van der Waals surface area contributed by atoms with Crippen molar-refractivity contribution < 1.29 is 9.18 Å². The number of urea groups is 1. The summed E-state index contributed by atoms with van der Waals surface area (Å²) in [6.45, 7) is 3.87. The largest absolute Gasteiger partial charge is 0.335 e. The number of benzene rings is 1. The number of para-hydroxylation sites is 1. The standard InChI is InChI=1S/C13H18FN3O/c1-9-8-15-7-6-11(9)16-13(18)17-12-5-3-2-4-10(12)14/h2-5,9,11,15H,6-8H2,1H3,(H2,16,17,18). The van der Waals surface area contributed by atoms with Crippen LogP contribution < -0.4 is 16.0 Å². The van der Waals surface area contributed by atoms with Crippen molar-refractivity contribution in [2.45, 2.75) is 19.4 Å². The number of rotatable bonds is 2. The number of amides is 2. The van der Waals surface area contributed by atoms with Gasteiger partial charge in [0.2, 0.25) is 0 Å². The highest BCUT2D eigenvalue weighted by Crippen LogP contribution is 2.13. The summed E-state index contributed by atoms with van der Waals surface area (Å²) in [5.41, 5.74) is 0.205. The van der Waals surface area contributed by atoms with Crippen LogP contribution in [-0.4, -0.2) is 25.2 Å².